The van der Waals surface area contributed by atoms with Crippen molar-refractivity contribution in [2.75, 3.05) is 0 Å². The van der Waals surface area contributed by atoms with Gasteiger partial charge in [-0.1, -0.05) is 38.1 Å². The lowest BCUT2D eigenvalue weighted by Crippen LogP contribution is -2.46. The number of ether oxygens (including phenoxy) is 3. The third kappa shape index (κ3) is 7.13. The molecule has 202 valence electrons. The number of nitrogens with zero attached hydrogens (tertiary/aromatic N) is 2. The van der Waals surface area contributed by atoms with E-state index in [-0.39, 0.29) is 40.7 Å². The number of hydrogen-bond acceptors (Lipinski definition) is 6. The Morgan fingerprint density at radius 1 is 0.974 bits per heavy atom. The molecule has 1 N–H and O–H groups in total. The number of nitrogens with one attached hydrogen (secondary N) is 1. The molecule has 7 nitrogen and oxygen atoms in total. The summed E-state index contributed by atoms with van der Waals surface area (Å²) in [7, 11) is 0. The molecule has 1 aliphatic carbocycles. The zero-order valence-electron chi connectivity index (χ0n) is 22.3. The Kier molecular flexibility index (Phi) is 8.11. The number of halogens is 2. The number of carbonyl (C=O) groups is 1. The molecule has 0 bridgehead atoms. The first kappa shape index (κ1) is 27.6. The lowest BCUT2D eigenvalue weighted by atomic mass is 9.78. The van der Waals surface area contributed by atoms with Crippen LogP contribution in [-0.2, 0) is 16.8 Å². The maximum absolute atomic E-state index is 13.8. The molecule has 2 aromatic carbocycles. The van der Waals surface area contributed by atoms with Crippen LogP contribution in [-0.4, -0.2) is 33.8 Å². The van der Waals surface area contributed by atoms with E-state index in [0.717, 1.165) is 23.1 Å². The number of amides is 1. The van der Waals surface area contributed by atoms with Crippen molar-refractivity contribution in [1.82, 2.24) is 15.3 Å². The summed E-state index contributed by atoms with van der Waals surface area (Å²) in [5, 5.41) is 2.78. The second-order valence-electron chi connectivity index (χ2n) is 11.0. The van der Waals surface area contributed by atoms with Crippen LogP contribution in [0.5, 0.6) is 11.5 Å². The molecule has 0 unspecified atom stereocenters. The van der Waals surface area contributed by atoms with Gasteiger partial charge in [-0.15, -0.1) is 0 Å². The maximum Gasteiger partial charge on any atom is 0.407 e. The van der Waals surface area contributed by atoms with Crippen LogP contribution in [0.25, 0.3) is 0 Å². The lowest BCUT2D eigenvalue weighted by Gasteiger charge is -2.35. The van der Waals surface area contributed by atoms with E-state index >= 15 is 0 Å². The summed E-state index contributed by atoms with van der Waals surface area (Å²) >= 11 is 5.74. The van der Waals surface area contributed by atoms with Gasteiger partial charge in [0.1, 0.15) is 36.0 Å². The van der Waals surface area contributed by atoms with Crippen LogP contribution >= 0.6 is 11.6 Å². The number of hydrogen-bond donors (Lipinski definition) is 1. The average molecular weight is 542 g/mol. The van der Waals surface area contributed by atoms with Gasteiger partial charge in [-0.3, -0.25) is 0 Å². The highest BCUT2D eigenvalue weighted by molar-refractivity contribution is 6.28. The molecule has 1 fully saturated rings. The van der Waals surface area contributed by atoms with Crippen LogP contribution in [0.2, 0.25) is 5.28 Å². The molecule has 4 rings (SSSR count). The fourth-order valence-electron chi connectivity index (χ4n) is 4.10. The van der Waals surface area contributed by atoms with E-state index in [1.54, 1.807) is 0 Å². The fraction of sp³-hybridized carbons (Fsp3) is 0.414. The summed E-state index contributed by atoms with van der Waals surface area (Å²) in [6.07, 6.45) is 1.90. The number of rotatable bonds is 8. The molecule has 38 heavy (non-hydrogen) atoms. The Balaban J connectivity index is 1.29. The largest absolute Gasteiger partial charge is 0.490 e. The van der Waals surface area contributed by atoms with Crippen LogP contribution in [0.3, 0.4) is 0 Å². The summed E-state index contributed by atoms with van der Waals surface area (Å²) in [4.78, 5) is 19.4. The minimum absolute atomic E-state index is 0.0231. The molecule has 3 aromatic rings. The number of benzene rings is 2. The molecule has 1 aromatic heterocycles. The van der Waals surface area contributed by atoms with Crippen LogP contribution in [0, 0.1) is 5.82 Å². The van der Waals surface area contributed by atoms with Gasteiger partial charge in [0.15, 0.2) is 5.82 Å². The van der Waals surface area contributed by atoms with Crippen LogP contribution in [0.1, 0.15) is 64.3 Å². The molecular weight excluding hydrogens is 509 g/mol. The molecular formula is C29H33ClFN3O4. The van der Waals surface area contributed by atoms with Crippen molar-refractivity contribution >= 4 is 17.7 Å². The highest BCUT2D eigenvalue weighted by Gasteiger charge is 2.34. The Hall–Kier alpha value is -3.39. The Morgan fingerprint density at radius 2 is 1.55 bits per heavy atom. The molecule has 0 spiro atoms. The first-order chi connectivity index (χ1) is 17.9. The lowest BCUT2D eigenvalue weighted by molar-refractivity contribution is -0.0243. The van der Waals surface area contributed by atoms with E-state index in [1.807, 2.05) is 57.2 Å². The predicted molar refractivity (Wildman–Crippen MR) is 143 cm³/mol. The first-order valence-electron chi connectivity index (χ1n) is 12.6. The van der Waals surface area contributed by atoms with E-state index in [2.05, 4.69) is 41.3 Å². The van der Waals surface area contributed by atoms with Crippen molar-refractivity contribution in [2.24, 2.45) is 0 Å². The average Bonchev–Trinajstić information content (AvgIpc) is 2.82. The molecule has 1 heterocycles. The second-order valence-corrected chi connectivity index (χ2v) is 11.3. The minimum Gasteiger partial charge on any atom is -0.490 e. The number of aromatic nitrogens is 2. The van der Waals surface area contributed by atoms with Gasteiger partial charge in [-0.05, 0) is 67.8 Å². The van der Waals surface area contributed by atoms with Crippen molar-refractivity contribution in [3.8, 4) is 11.5 Å². The van der Waals surface area contributed by atoms with E-state index in [4.69, 9.17) is 25.8 Å². The van der Waals surface area contributed by atoms with Crippen molar-refractivity contribution < 1.29 is 23.4 Å². The Bertz CT molecular complexity index is 1250. The molecule has 0 atom stereocenters. The highest BCUT2D eigenvalue weighted by atomic mass is 35.5. The number of alkyl carbamates (subject to hydrolysis) is 1. The molecule has 0 aliphatic heterocycles. The maximum atomic E-state index is 13.8. The molecule has 1 amide bonds. The smallest absolute Gasteiger partial charge is 0.407 e. The van der Waals surface area contributed by atoms with Gasteiger partial charge in [0, 0.05) is 23.8 Å². The molecule has 1 aliphatic rings. The van der Waals surface area contributed by atoms with Gasteiger partial charge in [0.05, 0.1) is 6.20 Å². The Labute approximate surface area is 227 Å². The summed E-state index contributed by atoms with van der Waals surface area (Å²) in [5.41, 5.74) is 1.75. The van der Waals surface area contributed by atoms with Gasteiger partial charge < -0.3 is 19.5 Å². The van der Waals surface area contributed by atoms with Gasteiger partial charge in [0.2, 0.25) is 5.28 Å². The van der Waals surface area contributed by atoms with Crippen molar-refractivity contribution in [2.45, 2.75) is 77.2 Å². The molecule has 9 heteroatoms. The van der Waals surface area contributed by atoms with Crippen LogP contribution < -0.4 is 14.8 Å². The SMILES string of the molecule is CC(C)(C)NC(=O)OC1CC(Oc2ccc(C(C)(C)c3ccc(OCc4nc(Cl)ncc4F)cc3)cc2)C1. The van der Waals surface area contributed by atoms with Gasteiger partial charge in [0.25, 0.3) is 0 Å². The zero-order chi connectivity index (χ0) is 27.5. The zero-order valence-corrected chi connectivity index (χ0v) is 23.0. The third-order valence-electron chi connectivity index (χ3n) is 6.42. The summed E-state index contributed by atoms with van der Waals surface area (Å²) in [6, 6.07) is 15.8. The summed E-state index contributed by atoms with van der Waals surface area (Å²) in [6.45, 7) is 9.99. The Morgan fingerprint density at radius 3 is 2.13 bits per heavy atom. The summed E-state index contributed by atoms with van der Waals surface area (Å²) < 4.78 is 31.0. The quantitative estimate of drug-likeness (QED) is 0.323. The van der Waals surface area contributed by atoms with E-state index in [9.17, 15) is 9.18 Å². The van der Waals surface area contributed by atoms with Gasteiger partial charge >= 0.3 is 6.09 Å². The van der Waals surface area contributed by atoms with E-state index < -0.39 is 11.9 Å². The molecule has 1 saturated carbocycles. The van der Waals surface area contributed by atoms with Crippen molar-refractivity contribution in [1.29, 1.82) is 0 Å². The third-order valence-corrected chi connectivity index (χ3v) is 6.60. The molecule has 0 radical (unpaired) electrons. The monoisotopic (exact) mass is 541 g/mol. The van der Waals surface area contributed by atoms with Crippen molar-refractivity contribution in [3.05, 3.63) is 82.6 Å². The van der Waals surface area contributed by atoms with Gasteiger partial charge in [-0.2, -0.15) is 0 Å². The summed E-state index contributed by atoms with van der Waals surface area (Å²) in [5.74, 6) is 0.822. The minimum atomic E-state index is -0.562. The normalized spacial score (nSPS) is 17.3. The van der Waals surface area contributed by atoms with Crippen LogP contribution in [0.4, 0.5) is 9.18 Å². The predicted octanol–water partition coefficient (Wildman–Crippen LogP) is 6.61. The van der Waals surface area contributed by atoms with E-state index in [0.29, 0.717) is 18.6 Å². The fourth-order valence-corrected chi connectivity index (χ4v) is 4.26. The van der Waals surface area contributed by atoms with Gasteiger partial charge in [-0.25, -0.2) is 19.2 Å². The highest BCUT2D eigenvalue weighted by Crippen LogP contribution is 2.34. The van der Waals surface area contributed by atoms with E-state index in [1.165, 1.54) is 0 Å². The first-order valence-corrected chi connectivity index (χ1v) is 12.9. The topological polar surface area (TPSA) is 82.6 Å². The van der Waals surface area contributed by atoms with Crippen LogP contribution in [0.15, 0.2) is 54.7 Å². The second kappa shape index (κ2) is 11.2. The molecule has 0 saturated heterocycles. The standard InChI is InChI=1S/C29H33ClFN3O4/c1-28(2,3)34-27(35)38-23-14-22(15-23)37-21-12-8-19(9-13-21)29(4,5)18-6-10-20(11-7-18)36-17-25-24(31)16-32-26(30)33-25/h6-13,16,22-23H,14-15,17H2,1-5H3,(H,34,35). The number of carbonyl (C=O) groups excluding carboxylic acids is 1. The van der Waals surface area contributed by atoms with Crippen molar-refractivity contribution in [3.63, 3.8) is 0 Å².